The van der Waals surface area contributed by atoms with E-state index in [1.54, 1.807) is 20.0 Å². The molecule has 0 fully saturated rings. The Hall–Kier alpha value is -1.29. The molecule has 1 aromatic rings. The van der Waals surface area contributed by atoms with Crippen molar-refractivity contribution in [3.63, 3.8) is 0 Å². The highest BCUT2D eigenvalue weighted by atomic mass is 127. The first-order valence-corrected chi connectivity index (χ1v) is 5.30. The molecule has 0 spiro atoms. The van der Waals surface area contributed by atoms with E-state index in [-0.39, 0.29) is 29.8 Å². The Morgan fingerprint density at radius 2 is 2.17 bits per heavy atom. The minimum absolute atomic E-state index is 0. The first-order valence-electron chi connectivity index (χ1n) is 5.30. The summed E-state index contributed by atoms with van der Waals surface area (Å²) < 4.78 is 13.3. The minimum Gasteiger partial charge on any atom is -0.352 e. The molecule has 98 valence electrons. The fraction of sp³-hybridized carbons (Fsp3) is 0.308. The number of benzene rings is 1. The Bertz CT molecular complexity index is 452. The number of nitrogens with one attached hydrogen (secondary N) is 2. The van der Waals surface area contributed by atoms with Crippen LogP contribution >= 0.6 is 24.0 Å². The highest BCUT2D eigenvalue weighted by molar-refractivity contribution is 14.0. The second kappa shape index (κ2) is 8.75. The summed E-state index contributed by atoms with van der Waals surface area (Å²) in [5.74, 6) is 2.86. The zero-order chi connectivity index (χ0) is 12.7. The van der Waals surface area contributed by atoms with Crippen molar-refractivity contribution in [2.45, 2.75) is 13.5 Å². The van der Waals surface area contributed by atoms with Crippen LogP contribution in [0.25, 0.3) is 0 Å². The smallest absolute Gasteiger partial charge is 0.192 e. The van der Waals surface area contributed by atoms with Crippen LogP contribution in [-0.4, -0.2) is 19.6 Å². The van der Waals surface area contributed by atoms with Crippen molar-refractivity contribution in [1.29, 1.82) is 0 Å². The number of hydrogen-bond acceptors (Lipinski definition) is 1. The lowest BCUT2D eigenvalue weighted by Crippen LogP contribution is -2.36. The molecule has 0 aliphatic heterocycles. The SMILES string of the molecule is C#CCNC(=NC)NCc1ccc(C)c(F)c1.I. The van der Waals surface area contributed by atoms with Crippen LogP contribution < -0.4 is 10.6 Å². The second-order valence-corrected chi connectivity index (χ2v) is 3.57. The van der Waals surface area contributed by atoms with Gasteiger partial charge in [-0.25, -0.2) is 4.39 Å². The van der Waals surface area contributed by atoms with Gasteiger partial charge in [0.25, 0.3) is 0 Å². The van der Waals surface area contributed by atoms with E-state index < -0.39 is 0 Å². The van der Waals surface area contributed by atoms with Gasteiger partial charge >= 0.3 is 0 Å². The number of aliphatic imine (C=N–C) groups is 1. The molecule has 2 N–H and O–H groups in total. The lowest BCUT2D eigenvalue weighted by molar-refractivity contribution is 0.615. The molecule has 1 rings (SSSR count). The molecule has 3 nitrogen and oxygen atoms in total. The fourth-order valence-electron chi connectivity index (χ4n) is 1.29. The molecule has 0 aliphatic rings. The number of rotatable bonds is 3. The summed E-state index contributed by atoms with van der Waals surface area (Å²) in [6.45, 7) is 2.64. The Kier molecular flexibility index (Phi) is 8.12. The Morgan fingerprint density at radius 3 is 2.72 bits per heavy atom. The molecule has 0 unspecified atom stereocenters. The summed E-state index contributed by atoms with van der Waals surface area (Å²) in [6.07, 6.45) is 5.13. The highest BCUT2D eigenvalue weighted by Gasteiger charge is 2.00. The number of aryl methyl sites for hydroxylation is 1. The maximum Gasteiger partial charge on any atom is 0.192 e. The predicted octanol–water partition coefficient (Wildman–Crippen LogP) is 2.05. The minimum atomic E-state index is -0.198. The van der Waals surface area contributed by atoms with Gasteiger partial charge in [-0.05, 0) is 24.1 Å². The number of hydrogen-bond donors (Lipinski definition) is 2. The highest BCUT2D eigenvalue weighted by Crippen LogP contribution is 2.08. The monoisotopic (exact) mass is 361 g/mol. The van der Waals surface area contributed by atoms with Gasteiger partial charge in [-0.2, -0.15) is 0 Å². The molecule has 0 amide bonds. The van der Waals surface area contributed by atoms with E-state index >= 15 is 0 Å². The number of guanidine groups is 1. The van der Waals surface area contributed by atoms with Crippen molar-refractivity contribution in [3.8, 4) is 12.3 Å². The molecule has 0 aliphatic carbocycles. The van der Waals surface area contributed by atoms with E-state index in [4.69, 9.17) is 6.42 Å². The number of nitrogens with zero attached hydrogens (tertiary/aromatic N) is 1. The Labute approximate surface area is 124 Å². The van der Waals surface area contributed by atoms with Crippen LogP contribution in [0.2, 0.25) is 0 Å². The van der Waals surface area contributed by atoms with Crippen molar-refractivity contribution >= 4 is 29.9 Å². The maximum absolute atomic E-state index is 13.3. The molecule has 0 radical (unpaired) electrons. The molecule has 0 atom stereocenters. The zero-order valence-corrected chi connectivity index (χ0v) is 12.8. The molecular weight excluding hydrogens is 344 g/mol. The molecule has 1 aromatic carbocycles. The quantitative estimate of drug-likeness (QED) is 0.374. The average molecular weight is 361 g/mol. The molecule has 0 saturated heterocycles. The van der Waals surface area contributed by atoms with Crippen LogP contribution in [0, 0.1) is 25.1 Å². The van der Waals surface area contributed by atoms with Gasteiger partial charge in [0.05, 0.1) is 6.54 Å². The summed E-state index contributed by atoms with van der Waals surface area (Å²) in [7, 11) is 1.65. The number of halogens is 2. The molecule has 0 saturated carbocycles. The first kappa shape index (κ1) is 16.7. The Morgan fingerprint density at radius 1 is 1.44 bits per heavy atom. The predicted molar refractivity (Wildman–Crippen MR) is 83.6 cm³/mol. The molecule has 0 aromatic heterocycles. The van der Waals surface area contributed by atoms with Crippen LogP contribution in [0.4, 0.5) is 4.39 Å². The van der Waals surface area contributed by atoms with Gasteiger partial charge in [0.1, 0.15) is 5.82 Å². The van der Waals surface area contributed by atoms with Crippen molar-refractivity contribution < 1.29 is 4.39 Å². The summed E-state index contributed by atoms with van der Waals surface area (Å²) in [4.78, 5) is 3.99. The van der Waals surface area contributed by atoms with Gasteiger partial charge < -0.3 is 10.6 Å². The molecule has 0 heterocycles. The summed E-state index contributed by atoms with van der Waals surface area (Å²) >= 11 is 0. The third kappa shape index (κ3) is 5.36. The van der Waals surface area contributed by atoms with Gasteiger partial charge in [0.15, 0.2) is 5.96 Å². The summed E-state index contributed by atoms with van der Waals surface area (Å²) in [5.41, 5.74) is 1.50. The first-order chi connectivity index (χ1) is 8.17. The van der Waals surface area contributed by atoms with E-state index in [0.717, 1.165) is 5.56 Å². The fourth-order valence-corrected chi connectivity index (χ4v) is 1.29. The van der Waals surface area contributed by atoms with Gasteiger partial charge in [0, 0.05) is 13.6 Å². The number of terminal acetylenes is 1. The van der Waals surface area contributed by atoms with E-state index in [0.29, 0.717) is 24.6 Å². The van der Waals surface area contributed by atoms with Crippen molar-refractivity contribution in [1.82, 2.24) is 10.6 Å². The lowest BCUT2D eigenvalue weighted by atomic mass is 10.1. The Balaban J connectivity index is 0.00000289. The summed E-state index contributed by atoms with van der Waals surface area (Å²) in [6, 6.07) is 5.14. The summed E-state index contributed by atoms with van der Waals surface area (Å²) in [5, 5.41) is 5.97. The van der Waals surface area contributed by atoms with E-state index in [2.05, 4.69) is 21.5 Å². The van der Waals surface area contributed by atoms with Crippen molar-refractivity contribution in [2.24, 2.45) is 4.99 Å². The molecule has 5 heteroatoms. The van der Waals surface area contributed by atoms with Gasteiger partial charge in [-0.15, -0.1) is 30.4 Å². The lowest BCUT2D eigenvalue weighted by Gasteiger charge is -2.10. The molecule has 0 bridgehead atoms. The van der Waals surface area contributed by atoms with Gasteiger partial charge in [-0.1, -0.05) is 18.1 Å². The zero-order valence-electron chi connectivity index (χ0n) is 10.5. The third-order valence-corrected chi connectivity index (χ3v) is 2.28. The van der Waals surface area contributed by atoms with Crippen LogP contribution in [0.15, 0.2) is 23.2 Å². The van der Waals surface area contributed by atoms with Gasteiger partial charge in [-0.3, -0.25) is 4.99 Å². The van der Waals surface area contributed by atoms with Crippen LogP contribution in [0.5, 0.6) is 0 Å². The van der Waals surface area contributed by atoms with E-state index in [1.165, 1.54) is 6.07 Å². The van der Waals surface area contributed by atoms with Gasteiger partial charge in [0.2, 0.25) is 0 Å². The van der Waals surface area contributed by atoms with Crippen LogP contribution in [0.1, 0.15) is 11.1 Å². The van der Waals surface area contributed by atoms with Crippen molar-refractivity contribution in [2.75, 3.05) is 13.6 Å². The van der Waals surface area contributed by atoms with E-state index in [1.807, 2.05) is 6.07 Å². The third-order valence-electron chi connectivity index (χ3n) is 2.28. The normalized spacial score (nSPS) is 10.2. The standard InChI is InChI=1S/C13H16FN3.HI/c1-4-7-16-13(15-3)17-9-11-6-5-10(2)12(14)8-11;/h1,5-6,8H,7,9H2,2-3H3,(H2,15,16,17);1H. The van der Waals surface area contributed by atoms with Crippen LogP contribution in [-0.2, 0) is 6.54 Å². The largest absolute Gasteiger partial charge is 0.352 e. The van der Waals surface area contributed by atoms with E-state index in [9.17, 15) is 4.39 Å². The average Bonchev–Trinajstić information content (AvgIpc) is 2.34. The topological polar surface area (TPSA) is 36.4 Å². The van der Waals surface area contributed by atoms with Crippen molar-refractivity contribution in [3.05, 3.63) is 35.1 Å². The molecular formula is C13H17FIN3. The van der Waals surface area contributed by atoms with Crippen LogP contribution in [0.3, 0.4) is 0 Å². The maximum atomic E-state index is 13.3. The second-order valence-electron chi connectivity index (χ2n) is 3.57. The molecule has 18 heavy (non-hydrogen) atoms.